The van der Waals surface area contributed by atoms with Gasteiger partial charge >= 0.3 is 0 Å². The van der Waals surface area contributed by atoms with Crippen LogP contribution in [0.2, 0.25) is 0 Å². The number of aryl methyl sites for hydroxylation is 2. The Labute approximate surface area is 203 Å². The predicted octanol–water partition coefficient (Wildman–Crippen LogP) is 3.71. The SMILES string of the molecule is Cc1nc(N[C@H](C)c2cccc(C(F)F)c2F)c2cc(-c3cccn(CCO)c3=O)c(=O)n(C)c2n1. The van der Waals surface area contributed by atoms with Gasteiger partial charge in [0, 0.05) is 25.4 Å². The van der Waals surface area contributed by atoms with Crippen molar-refractivity contribution < 1.29 is 18.3 Å². The molecule has 0 aliphatic heterocycles. The van der Waals surface area contributed by atoms with E-state index in [4.69, 9.17) is 0 Å². The highest BCUT2D eigenvalue weighted by Crippen LogP contribution is 2.31. The second-order valence-corrected chi connectivity index (χ2v) is 8.34. The van der Waals surface area contributed by atoms with Gasteiger partial charge in [-0.3, -0.25) is 14.2 Å². The molecule has 0 fully saturated rings. The Kier molecular flexibility index (Phi) is 6.93. The molecule has 0 saturated heterocycles. The van der Waals surface area contributed by atoms with Gasteiger partial charge in [0.25, 0.3) is 17.5 Å². The van der Waals surface area contributed by atoms with Gasteiger partial charge in [0.1, 0.15) is 23.1 Å². The smallest absolute Gasteiger partial charge is 0.266 e. The lowest BCUT2D eigenvalue weighted by atomic mass is 10.0. The minimum atomic E-state index is -2.96. The normalized spacial score (nSPS) is 12.3. The van der Waals surface area contributed by atoms with Gasteiger partial charge < -0.3 is 15.0 Å². The minimum absolute atomic E-state index is 0.0252. The first kappa shape index (κ1) is 25.1. The largest absolute Gasteiger partial charge is 0.395 e. The summed E-state index contributed by atoms with van der Waals surface area (Å²) in [5.74, 6) is -0.438. The third-order valence-electron chi connectivity index (χ3n) is 5.94. The number of aliphatic hydroxyl groups is 1. The van der Waals surface area contributed by atoms with E-state index in [1.165, 1.54) is 46.6 Å². The molecule has 188 valence electrons. The number of hydrogen-bond acceptors (Lipinski definition) is 6. The number of hydrogen-bond donors (Lipinski definition) is 2. The molecule has 0 radical (unpaired) electrons. The van der Waals surface area contributed by atoms with Gasteiger partial charge in [0.15, 0.2) is 0 Å². The third kappa shape index (κ3) is 4.49. The van der Waals surface area contributed by atoms with Crippen LogP contribution in [0, 0.1) is 12.7 Å². The molecule has 36 heavy (non-hydrogen) atoms. The van der Waals surface area contributed by atoms with E-state index in [2.05, 4.69) is 15.3 Å². The van der Waals surface area contributed by atoms with E-state index >= 15 is 0 Å². The summed E-state index contributed by atoms with van der Waals surface area (Å²) in [5, 5.41) is 12.7. The maximum Gasteiger partial charge on any atom is 0.266 e. The number of aliphatic hydroxyl groups excluding tert-OH is 1. The molecule has 0 aliphatic carbocycles. The zero-order chi connectivity index (χ0) is 26.1. The molecule has 0 amide bonds. The van der Waals surface area contributed by atoms with Crippen molar-refractivity contribution in [1.29, 1.82) is 0 Å². The number of nitrogens with one attached hydrogen (secondary N) is 1. The summed E-state index contributed by atoms with van der Waals surface area (Å²) in [6.45, 7) is 3.04. The molecule has 0 bridgehead atoms. The van der Waals surface area contributed by atoms with Crippen LogP contribution >= 0.6 is 0 Å². The van der Waals surface area contributed by atoms with Crippen LogP contribution in [0.3, 0.4) is 0 Å². The summed E-state index contributed by atoms with van der Waals surface area (Å²) >= 11 is 0. The summed E-state index contributed by atoms with van der Waals surface area (Å²) in [4.78, 5) is 34.9. The second kappa shape index (κ2) is 9.94. The number of nitrogens with zero attached hydrogens (tertiary/aromatic N) is 4. The van der Waals surface area contributed by atoms with Gasteiger partial charge in [0.05, 0.1) is 34.7 Å². The zero-order valence-electron chi connectivity index (χ0n) is 19.8. The fourth-order valence-corrected chi connectivity index (χ4v) is 4.12. The van der Waals surface area contributed by atoms with Crippen LogP contribution in [0.1, 0.15) is 36.3 Å². The van der Waals surface area contributed by atoms with Crippen molar-refractivity contribution in [3.63, 3.8) is 0 Å². The molecule has 0 saturated carbocycles. The quantitative estimate of drug-likeness (QED) is 0.402. The number of pyridine rings is 2. The Bertz CT molecular complexity index is 1570. The van der Waals surface area contributed by atoms with Crippen molar-refractivity contribution in [2.75, 3.05) is 11.9 Å². The van der Waals surface area contributed by atoms with E-state index in [-0.39, 0.29) is 41.3 Å². The molecular formula is C25H24F3N5O3. The van der Waals surface area contributed by atoms with Crippen LogP contribution in [-0.2, 0) is 13.6 Å². The van der Waals surface area contributed by atoms with E-state index in [0.717, 1.165) is 6.07 Å². The molecule has 2 N–H and O–H groups in total. The van der Waals surface area contributed by atoms with Crippen molar-refractivity contribution in [3.05, 3.63) is 86.1 Å². The number of benzene rings is 1. The average Bonchev–Trinajstić information content (AvgIpc) is 2.83. The van der Waals surface area contributed by atoms with Crippen molar-refractivity contribution in [2.24, 2.45) is 7.05 Å². The Morgan fingerprint density at radius 1 is 1.06 bits per heavy atom. The van der Waals surface area contributed by atoms with Crippen LogP contribution in [0.15, 0.2) is 52.2 Å². The van der Waals surface area contributed by atoms with E-state index < -0.39 is 35.0 Å². The molecule has 3 heterocycles. The lowest BCUT2D eigenvalue weighted by molar-refractivity contribution is 0.146. The van der Waals surface area contributed by atoms with Gasteiger partial charge in [-0.25, -0.2) is 23.1 Å². The number of anilines is 1. The van der Waals surface area contributed by atoms with Crippen LogP contribution in [0.4, 0.5) is 19.0 Å². The molecule has 0 spiro atoms. The Morgan fingerprint density at radius 3 is 2.47 bits per heavy atom. The molecule has 11 heteroatoms. The first-order valence-corrected chi connectivity index (χ1v) is 11.2. The number of aromatic nitrogens is 4. The summed E-state index contributed by atoms with van der Waals surface area (Å²) in [6.07, 6.45) is -1.45. The Balaban J connectivity index is 1.88. The van der Waals surface area contributed by atoms with Crippen LogP contribution in [0.25, 0.3) is 22.2 Å². The molecule has 0 unspecified atom stereocenters. The lowest BCUT2D eigenvalue weighted by Gasteiger charge is -2.19. The maximum atomic E-state index is 14.8. The fraction of sp³-hybridized carbons (Fsp3) is 0.280. The Morgan fingerprint density at radius 2 is 1.78 bits per heavy atom. The highest BCUT2D eigenvalue weighted by Gasteiger charge is 2.22. The monoisotopic (exact) mass is 499 g/mol. The van der Waals surface area contributed by atoms with Gasteiger partial charge in [-0.1, -0.05) is 18.2 Å². The van der Waals surface area contributed by atoms with Crippen molar-refractivity contribution in [1.82, 2.24) is 19.1 Å². The molecule has 1 atom stereocenters. The molecule has 3 aromatic heterocycles. The average molecular weight is 499 g/mol. The van der Waals surface area contributed by atoms with Gasteiger partial charge in [-0.15, -0.1) is 0 Å². The predicted molar refractivity (Wildman–Crippen MR) is 130 cm³/mol. The van der Waals surface area contributed by atoms with E-state index in [1.807, 2.05) is 0 Å². The second-order valence-electron chi connectivity index (χ2n) is 8.34. The first-order valence-electron chi connectivity index (χ1n) is 11.2. The van der Waals surface area contributed by atoms with Crippen molar-refractivity contribution >= 4 is 16.9 Å². The standard InChI is InChI=1S/C25H24F3N5O3/c1-13(15-6-4-7-17(20(15)26)21(27)28)29-22-19-12-18(16-8-5-9-33(10-11-34)25(16)36)24(35)32(3)23(19)31-14(2)30-22/h4-9,12-13,21,34H,10-11H2,1-3H3,(H,29,30,31)/t13-/m1/s1. The van der Waals surface area contributed by atoms with Gasteiger partial charge in [-0.2, -0.15) is 0 Å². The van der Waals surface area contributed by atoms with E-state index in [1.54, 1.807) is 19.9 Å². The number of rotatable bonds is 7. The maximum absolute atomic E-state index is 14.8. The molecular weight excluding hydrogens is 475 g/mol. The molecule has 8 nitrogen and oxygen atoms in total. The summed E-state index contributed by atoms with van der Waals surface area (Å²) in [5.41, 5.74) is -1.09. The number of fused-ring (bicyclic) bond motifs is 1. The summed E-state index contributed by atoms with van der Waals surface area (Å²) < 4.78 is 43.8. The van der Waals surface area contributed by atoms with Crippen LogP contribution in [-0.4, -0.2) is 30.8 Å². The van der Waals surface area contributed by atoms with Crippen LogP contribution < -0.4 is 16.4 Å². The highest BCUT2D eigenvalue weighted by atomic mass is 19.3. The number of alkyl halides is 2. The highest BCUT2D eigenvalue weighted by molar-refractivity contribution is 5.90. The zero-order valence-corrected chi connectivity index (χ0v) is 19.8. The van der Waals surface area contributed by atoms with Crippen LogP contribution in [0.5, 0.6) is 0 Å². The summed E-state index contributed by atoms with van der Waals surface area (Å²) in [7, 11) is 1.51. The third-order valence-corrected chi connectivity index (χ3v) is 5.94. The van der Waals surface area contributed by atoms with E-state index in [0.29, 0.717) is 11.2 Å². The molecule has 4 rings (SSSR count). The molecule has 4 aromatic rings. The lowest BCUT2D eigenvalue weighted by Crippen LogP contribution is -2.27. The van der Waals surface area contributed by atoms with Gasteiger partial charge in [-0.05, 0) is 32.0 Å². The van der Waals surface area contributed by atoms with Crippen molar-refractivity contribution in [2.45, 2.75) is 32.9 Å². The fourth-order valence-electron chi connectivity index (χ4n) is 4.12. The molecule has 1 aromatic carbocycles. The van der Waals surface area contributed by atoms with E-state index in [9.17, 15) is 27.9 Å². The minimum Gasteiger partial charge on any atom is -0.395 e. The molecule has 0 aliphatic rings. The topological polar surface area (TPSA) is 102 Å². The van der Waals surface area contributed by atoms with Gasteiger partial charge in [0.2, 0.25) is 0 Å². The Hall–Kier alpha value is -3.99. The summed E-state index contributed by atoms with van der Waals surface area (Å²) in [6, 6.07) is 7.63. The first-order chi connectivity index (χ1) is 17.1. The number of halogens is 3. The van der Waals surface area contributed by atoms with Crippen molar-refractivity contribution in [3.8, 4) is 11.1 Å².